The van der Waals surface area contributed by atoms with E-state index in [4.69, 9.17) is 23.7 Å². The van der Waals surface area contributed by atoms with E-state index in [2.05, 4.69) is 20.8 Å². The molecule has 15 nitrogen and oxygen atoms in total. The van der Waals surface area contributed by atoms with Gasteiger partial charge < -0.3 is 74.7 Å². The van der Waals surface area contributed by atoms with E-state index in [1.54, 1.807) is 0 Å². The SMILES string of the molecule is C[C@H](CO)[C@H]1CC[C@@]2(CC[C@]3(C)[C@H](CC[C@@H]4[C@@]5(C)CC[C@H](O[C@@H]6O[C@H](CO)[C@@H](O)[C@H](O)[C@H]6O[C@@H]6O[C@H](CO)[C@@H](O)[C@H](O)[C@H]6O)[C@@](C)(CO)[C@@H]5CC[C@]43C)[C@H]2O)CO1. The molecule has 57 heavy (non-hydrogen) atoms. The van der Waals surface area contributed by atoms with Crippen LogP contribution in [0.5, 0.6) is 0 Å². The van der Waals surface area contributed by atoms with Crippen molar-refractivity contribution in [1.82, 2.24) is 0 Å². The summed E-state index contributed by atoms with van der Waals surface area (Å²) in [5.41, 5.74) is -1.40. The molecule has 0 aromatic rings. The molecular formula is C42H72O15. The molecule has 0 aromatic heterocycles. The second-order valence-electron chi connectivity index (χ2n) is 20.4. The van der Waals surface area contributed by atoms with Crippen LogP contribution >= 0.6 is 0 Å². The van der Waals surface area contributed by atoms with Gasteiger partial charge in [0.05, 0.1) is 44.7 Å². The average molecular weight is 817 g/mol. The van der Waals surface area contributed by atoms with Crippen molar-refractivity contribution in [3.8, 4) is 0 Å². The standard InChI is InChI=1S/C42H72O15/c1-21(16-43)23-8-13-42(20-53-23)15-14-40(4)22(35(42)52)6-7-27-38(2)11-10-28(39(3,19-46)26(38)9-12-41(27,40)5)56-37-34(32(50)30(48)25(18-45)55-37)57-36-33(51)31(49)29(47)24(17-44)54-36/h21-37,43-52H,6-20H2,1-5H3/t21-,22-,23-,24-,25-,26-,27-,28+,29-,30-,31+,32+,33-,34-,35-,36+,37+,38+,39+,40-,41-,42-/m1/s1. The molecule has 10 N–H and O–H groups in total. The third-order valence-electron chi connectivity index (χ3n) is 17.9. The second kappa shape index (κ2) is 16.3. The fourth-order valence-electron chi connectivity index (χ4n) is 13.9. The van der Waals surface area contributed by atoms with Crippen molar-refractivity contribution in [2.24, 2.45) is 50.7 Å². The molecule has 0 unspecified atom stereocenters. The summed E-state index contributed by atoms with van der Waals surface area (Å²) in [6.45, 7) is 10.4. The van der Waals surface area contributed by atoms with Gasteiger partial charge in [0.1, 0.15) is 48.8 Å². The Morgan fingerprint density at radius 3 is 1.91 bits per heavy atom. The molecule has 3 saturated heterocycles. The highest BCUT2D eigenvalue weighted by molar-refractivity contribution is 5.19. The van der Waals surface area contributed by atoms with Crippen molar-refractivity contribution < 1.29 is 74.7 Å². The highest BCUT2D eigenvalue weighted by Gasteiger charge is 2.70. The van der Waals surface area contributed by atoms with Crippen LogP contribution in [0.4, 0.5) is 0 Å². The van der Waals surface area contributed by atoms with Crippen molar-refractivity contribution in [2.45, 2.75) is 179 Å². The van der Waals surface area contributed by atoms with Gasteiger partial charge in [0.15, 0.2) is 12.6 Å². The van der Waals surface area contributed by atoms with Gasteiger partial charge in [0.2, 0.25) is 0 Å². The van der Waals surface area contributed by atoms with E-state index < -0.39 is 92.2 Å². The predicted molar refractivity (Wildman–Crippen MR) is 202 cm³/mol. The summed E-state index contributed by atoms with van der Waals surface area (Å²) in [6, 6.07) is 0. The van der Waals surface area contributed by atoms with E-state index in [1.165, 1.54) is 0 Å². The van der Waals surface area contributed by atoms with Crippen LogP contribution in [-0.4, -0.2) is 164 Å². The minimum absolute atomic E-state index is 0.0165. The quantitative estimate of drug-likeness (QED) is 0.140. The molecule has 0 amide bonds. The molecule has 0 aromatic carbocycles. The summed E-state index contributed by atoms with van der Waals surface area (Å²) in [5, 5.41) is 107. The summed E-state index contributed by atoms with van der Waals surface area (Å²) >= 11 is 0. The third kappa shape index (κ3) is 6.89. The smallest absolute Gasteiger partial charge is 0.187 e. The Balaban J connectivity index is 1.10. The number of aliphatic hydroxyl groups excluding tert-OH is 10. The molecule has 7 aliphatic rings. The molecule has 3 heterocycles. The molecule has 7 rings (SSSR count). The molecule has 0 radical (unpaired) electrons. The molecule has 22 atom stereocenters. The first-order chi connectivity index (χ1) is 26.9. The lowest BCUT2D eigenvalue weighted by Gasteiger charge is -2.73. The first-order valence-electron chi connectivity index (χ1n) is 21.6. The van der Waals surface area contributed by atoms with Gasteiger partial charge in [0, 0.05) is 23.4 Å². The molecule has 330 valence electrons. The van der Waals surface area contributed by atoms with Crippen LogP contribution in [0.3, 0.4) is 0 Å². The maximum absolute atomic E-state index is 12.3. The van der Waals surface area contributed by atoms with E-state index in [-0.39, 0.29) is 58.7 Å². The van der Waals surface area contributed by atoms with Crippen LogP contribution in [0.2, 0.25) is 0 Å². The fourth-order valence-corrected chi connectivity index (χ4v) is 13.9. The summed E-state index contributed by atoms with van der Waals surface area (Å²) in [7, 11) is 0. The number of fused-ring (bicyclic) bond motifs is 5. The highest BCUT2D eigenvalue weighted by Crippen LogP contribution is 2.75. The molecule has 7 fully saturated rings. The molecule has 4 saturated carbocycles. The van der Waals surface area contributed by atoms with Crippen molar-refractivity contribution >= 4 is 0 Å². The highest BCUT2D eigenvalue weighted by atomic mass is 16.8. The summed E-state index contributed by atoms with van der Waals surface area (Å²) in [5.74, 6) is 0.556. The van der Waals surface area contributed by atoms with Gasteiger partial charge in [-0.3, -0.25) is 0 Å². The molecule has 0 bridgehead atoms. The summed E-state index contributed by atoms with van der Waals surface area (Å²) in [6.07, 6.45) is -8.02. The van der Waals surface area contributed by atoms with E-state index in [0.29, 0.717) is 18.9 Å². The Labute approximate surface area is 336 Å². The second-order valence-corrected chi connectivity index (χ2v) is 20.4. The lowest BCUT2D eigenvalue weighted by molar-refractivity contribution is -0.380. The van der Waals surface area contributed by atoms with Crippen LogP contribution in [0.25, 0.3) is 0 Å². The lowest BCUT2D eigenvalue weighted by Crippen LogP contribution is -2.69. The minimum Gasteiger partial charge on any atom is -0.396 e. The minimum atomic E-state index is -1.78. The van der Waals surface area contributed by atoms with Crippen LogP contribution in [0.1, 0.15) is 98.8 Å². The zero-order chi connectivity index (χ0) is 41.5. The normalized spacial score (nSPS) is 56.1. The van der Waals surface area contributed by atoms with Gasteiger partial charge in [-0.25, -0.2) is 0 Å². The number of rotatable bonds is 9. The Hall–Kier alpha value is -0.600. The molecule has 1 spiro atoms. The van der Waals surface area contributed by atoms with E-state index in [0.717, 1.165) is 57.8 Å². The maximum Gasteiger partial charge on any atom is 0.187 e. The Morgan fingerprint density at radius 1 is 0.632 bits per heavy atom. The topological polar surface area (TPSA) is 248 Å². The molecular weight excluding hydrogens is 744 g/mol. The zero-order valence-corrected chi connectivity index (χ0v) is 34.4. The summed E-state index contributed by atoms with van der Waals surface area (Å²) in [4.78, 5) is 0. The first-order valence-corrected chi connectivity index (χ1v) is 21.6. The average Bonchev–Trinajstić information content (AvgIpc) is 3.20. The van der Waals surface area contributed by atoms with Crippen LogP contribution in [-0.2, 0) is 23.7 Å². The maximum atomic E-state index is 12.3. The molecule has 15 heteroatoms. The first kappa shape index (κ1) is 44.5. The van der Waals surface area contributed by atoms with Crippen molar-refractivity contribution in [1.29, 1.82) is 0 Å². The predicted octanol–water partition coefficient (Wildman–Crippen LogP) is 0.192. The Morgan fingerprint density at radius 2 is 1.30 bits per heavy atom. The molecule has 4 aliphatic carbocycles. The van der Waals surface area contributed by atoms with E-state index >= 15 is 0 Å². The van der Waals surface area contributed by atoms with Gasteiger partial charge in [-0.15, -0.1) is 0 Å². The van der Waals surface area contributed by atoms with Gasteiger partial charge in [-0.1, -0.05) is 34.6 Å². The monoisotopic (exact) mass is 816 g/mol. The van der Waals surface area contributed by atoms with Gasteiger partial charge in [-0.05, 0) is 98.2 Å². The van der Waals surface area contributed by atoms with E-state index in [9.17, 15) is 51.1 Å². The van der Waals surface area contributed by atoms with Crippen molar-refractivity contribution in [3.63, 3.8) is 0 Å². The number of hydrogen-bond acceptors (Lipinski definition) is 15. The third-order valence-corrected chi connectivity index (χ3v) is 17.9. The number of ether oxygens (including phenoxy) is 5. The summed E-state index contributed by atoms with van der Waals surface area (Å²) < 4.78 is 30.6. The molecule has 3 aliphatic heterocycles. The number of aliphatic hydroxyl groups is 10. The zero-order valence-electron chi connectivity index (χ0n) is 34.4. The van der Waals surface area contributed by atoms with Gasteiger partial charge in [0.25, 0.3) is 0 Å². The lowest BCUT2D eigenvalue weighted by atomic mass is 9.33. The Kier molecular flexibility index (Phi) is 12.7. The van der Waals surface area contributed by atoms with Crippen LogP contribution in [0, 0.1) is 50.7 Å². The number of hydrogen-bond donors (Lipinski definition) is 10. The van der Waals surface area contributed by atoms with Crippen LogP contribution in [0.15, 0.2) is 0 Å². The fraction of sp³-hybridized carbons (Fsp3) is 1.00. The van der Waals surface area contributed by atoms with Crippen molar-refractivity contribution in [3.05, 3.63) is 0 Å². The van der Waals surface area contributed by atoms with Crippen LogP contribution < -0.4 is 0 Å². The Bertz CT molecular complexity index is 1380. The largest absolute Gasteiger partial charge is 0.396 e. The van der Waals surface area contributed by atoms with E-state index in [1.807, 2.05) is 13.8 Å². The van der Waals surface area contributed by atoms with Crippen molar-refractivity contribution in [2.75, 3.05) is 33.0 Å². The van der Waals surface area contributed by atoms with Gasteiger partial charge >= 0.3 is 0 Å². The van der Waals surface area contributed by atoms with Gasteiger partial charge in [-0.2, -0.15) is 0 Å².